The second-order valence-electron chi connectivity index (χ2n) is 10.8. The lowest BCUT2D eigenvalue weighted by Gasteiger charge is -2.28. The van der Waals surface area contributed by atoms with E-state index in [9.17, 15) is 24.3 Å². The molecule has 2 aliphatic heterocycles. The van der Waals surface area contributed by atoms with Gasteiger partial charge in [0.25, 0.3) is 0 Å². The molecular formula is C31H40N4O8. The van der Waals surface area contributed by atoms with Gasteiger partial charge in [-0.15, -0.1) is 0 Å². The average molecular weight is 597 g/mol. The number of nitrogens with zero attached hydrogens (tertiary/aromatic N) is 1. The van der Waals surface area contributed by atoms with Crippen LogP contribution in [0.5, 0.6) is 5.75 Å². The smallest absolute Gasteiger partial charge is 0.245 e. The summed E-state index contributed by atoms with van der Waals surface area (Å²) >= 11 is 0. The number of carbonyl (C=O) groups excluding carboxylic acids is 4. The molecule has 12 nitrogen and oxygen atoms in total. The van der Waals surface area contributed by atoms with Gasteiger partial charge in [0.05, 0.1) is 45.6 Å². The summed E-state index contributed by atoms with van der Waals surface area (Å²) in [5, 5.41) is 18.5. The summed E-state index contributed by atoms with van der Waals surface area (Å²) in [5.74, 6) is -1.36. The number of Topliss-reactive ketones (excluding diaryl/α,β-unsaturated/α-hetero) is 1. The van der Waals surface area contributed by atoms with Gasteiger partial charge in [-0.05, 0) is 36.6 Å². The summed E-state index contributed by atoms with van der Waals surface area (Å²) in [4.78, 5) is 54.9. The van der Waals surface area contributed by atoms with E-state index in [0.29, 0.717) is 38.7 Å². The molecule has 0 spiro atoms. The summed E-state index contributed by atoms with van der Waals surface area (Å²) in [5.41, 5.74) is 1.58. The molecule has 2 aromatic carbocycles. The molecule has 4 N–H and O–H groups in total. The van der Waals surface area contributed by atoms with Gasteiger partial charge in [0.2, 0.25) is 17.7 Å². The zero-order valence-electron chi connectivity index (χ0n) is 24.5. The number of hydrogen-bond acceptors (Lipinski definition) is 9. The SMILES string of the molecule is COc1ccc(C[C@H](NC(=O)[C@@H](NC(=O)CN2CCOCC2)[C@@H](C)O)C(=O)N[C@@H](Cc2ccccc2)C(=O)[C@H]2CO2)cc1. The highest BCUT2D eigenvalue weighted by atomic mass is 16.6. The maximum Gasteiger partial charge on any atom is 0.245 e. The molecule has 12 heteroatoms. The van der Waals surface area contributed by atoms with E-state index in [0.717, 1.165) is 11.1 Å². The van der Waals surface area contributed by atoms with Crippen LogP contribution in [0.15, 0.2) is 54.6 Å². The van der Waals surface area contributed by atoms with Crippen LogP contribution in [0.3, 0.4) is 0 Å². The van der Waals surface area contributed by atoms with Gasteiger partial charge in [0, 0.05) is 19.5 Å². The Labute approximate surface area is 251 Å². The van der Waals surface area contributed by atoms with Crippen molar-refractivity contribution in [3.8, 4) is 5.75 Å². The van der Waals surface area contributed by atoms with Crippen LogP contribution in [-0.4, -0.2) is 110 Å². The van der Waals surface area contributed by atoms with Crippen molar-refractivity contribution in [3.05, 3.63) is 65.7 Å². The fraction of sp³-hybridized carbons (Fsp3) is 0.484. The lowest BCUT2D eigenvalue weighted by molar-refractivity contribution is -0.135. The molecule has 5 atom stereocenters. The lowest BCUT2D eigenvalue weighted by atomic mass is 9.99. The van der Waals surface area contributed by atoms with Crippen LogP contribution >= 0.6 is 0 Å². The van der Waals surface area contributed by atoms with Crippen LogP contribution in [0.1, 0.15) is 18.1 Å². The highest BCUT2D eigenvalue weighted by molar-refractivity contribution is 5.97. The van der Waals surface area contributed by atoms with Crippen molar-refractivity contribution in [2.45, 2.75) is 50.1 Å². The molecule has 0 unspecified atom stereocenters. The van der Waals surface area contributed by atoms with E-state index in [1.54, 1.807) is 31.4 Å². The first-order valence-corrected chi connectivity index (χ1v) is 14.4. The minimum absolute atomic E-state index is 0.0438. The van der Waals surface area contributed by atoms with Gasteiger partial charge in [0.15, 0.2) is 5.78 Å². The number of ether oxygens (including phenoxy) is 3. The number of amides is 3. The molecule has 2 aliphatic rings. The number of benzene rings is 2. The molecule has 3 amide bonds. The molecule has 2 fully saturated rings. The van der Waals surface area contributed by atoms with Gasteiger partial charge in [-0.3, -0.25) is 24.1 Å². The Bertz CT molecular complexity index is 1230. The Morgan fingerprint density at radius 2 is 1.51 bits per heavy atom. The van der Waals surface area contributed by atoms with E-state index in [1.807, 2.05) is 35.2 Å². The van der Waals surface area contributed by atoms with E-state index >= 15 is 0 Å². The van der Waals surface area contributed by atoms with Crippen LogP contribution in [0.25, 0.3) is 0 Å². The Balaban J connectivity index is 1.49. The third-order valence-electron chi connectivity index (χ3n) is 7.38. The predicted octanol–water partition coefficient (Wildman–Crippen LogP) is -0.384. The van der Waals surface area contributed by atoms with E-state index in [4.69, 9.17) is 14.2 Å². The topological polar surface area (TPSA) is 159 Å². The first-order valence-electron chi connectivity index (χ1n) is 14.4. The number of hydrogen-bond donors (Lipinski definition) is 4. The number of ketones is 1. The Kier molecular flexibility index (Phi) is 11.6. The Hall–Kier alpha value is -3.84. The van der Waals surface area contributed by atoms with Gasteiger partial charge in [0.1, 0.15) is 23.9 Å². The number of aliphatic hydroxyl groups excluding tert-OH is 1. The van der Waals surface area contributed by atoms with Crippen molar-refractivity contribution < 1.29 is 38.5 Å². The normalized spacial score (nSPS) is 19.3. The third-order valence-corrected chi connectivity index (χ3v) is 7.38. The van der Waals surface area contributed by atoms with Crippen molar-refractivity contribution in [1.29, 1.82) is 0 Å². The van der Waals surface area contributed by atoms with Crippen molar-refractivity contribution in [2.24, 2.45) is 0 Å². The minimum Gasteiger partial charge on any atom is -0.497 e. The number of nitrogens with one attached hydrogen (secondary N) is 3. The molecule has 0 radical (unpaired) electrons. The van der Waals surface area contributed by atoms with Crippen LogP contribution < -0.4 is 20.7 Å². The summed E-state index contributed by atoms with van der Waals surface area (Å²) in [7, 11) is 1.54. The highest BCUT2D eigenvalue weighted by Crippen LogP contribution is 2.17. The molecular weight excluding hydrogens is 556 g/mol. The van der Waals surface area contributed by atoms with Crippen molar-refractivity contribution in [1.82, 2.24) is 20.9 Å². The third kappa shape index (κ3) is 9.85. The number of methoxy groups -OCH3 is 1. The van der Waals surface area contributed by atoms with E-state index in [2.05, 4.69) is 16.0 Å². The van der Waals surface area contributed by atoms with Gasteiger partial charge in [-0.25, -0.2) is 0 Å². The summed E-state index contributed by atoms with van der Waals surface area (Å²) in [6.07, 6.45) is -1.48. The van der Waals surface area contributed by atoms with Gasteiger partial charge >= 0.3 is 0 Å². The number of carbonyl (C=O) groups is 4. The largest absolute Gasteiger partial charge is 0.497 e. The van der Waals surface area contributed by atoms with Gasteiger partial charge in [-0.2, -0.15) is 0 Å². The van der Waals surface area contributed by atoms with Crippen LogP contribution in [0, 0.1) is 0 Å². The number of aliphatic hydroxyl groups is 1. The minimum atomic E-state index is -1.30. The molecule has 2 heterocycles. The van der Waals surface area contributed by atoms with Crippen LogP contribution in [0.2, 0.25) is 0 Å². The molecule has 0 bridgehead atoms. The highest BCUT2D eigenvalue weighted by Gasteiger charge is 2.38. The summed E-state index contributed by atoms with van der Waals surface area (Å²) < 4.78 is 15.7. The quantitative estimate of drug-likeness (QED) is 0.201. The monoisotopic (exact) mass is 596 g/mol. The molecule has 2 saturated heterocycles. The van der Waals surface area contributed by atoms with Crippen LogP contribution in [-0.2, 0) is 41.5 Å². The number of morpholine rings is 1. The Morgan fingerprint density at radius 3 is 2.12 bits per heavy atom. The second kappa shape index (κ2) is 15.6. The first-order chi connectivity index (χ1) is 20.7. The molecule has 2 aromatic rings. The van der Waals surface area contributed by atoms with Gasteiger partial charge < -0.3 is 35.3 Å². The molecule has 0 saturated carbocycles. The lowest BCUT2D eigenvalue weighted by Crippen LogP contribution is -2.60. The van der Waals surface area contributed by atoms with Crippen molar-refractivity contribution in [2.75, 3.05) is 46.6 Å². The van der Waals surface area contributed by atoms with Crippen LogP contribution in [0.4, 0.5) is 0 Å². The fourth-order valence-corrected chi connectivity index (χ4v) is 4.84. The Morgan fingerprint density at radius 1 is 0.907 bits per heavy atom. The average Bonchev–Trinajstić information content (AvgIpc) is 3.86. The predicted molar refractivity (Wildman–Crippen MR) is 156 cm³/mol. The zero-order chi connectivity index (χ0) is 30.8. The first kappa shape index (κ1) is 32.1. The maximum atomic E-state index is 13.7. The number of epoxide rings is 1. The van der Waals surface area contributed by atoms with Gasteiger partial charge in [-0.1, -0.05) is 42.5 Å². The van der Waals surface area contributed by atoms with Crippen molar-refractivity contribution >= 4 is 23.5 Å². The van der Waals surface area contributed by atoms with Crippen molar-refractivity contribution in [3.63, 3.8) is 0 Å². The fourth-order valence-electron chi connectivity index (χ4n) is 4.84. The summed E-state index contributed by atoms with van der Waals surface area (Å²) in [6, 6.07) is 13.0. The molecule has 43 heavy (non-hydrogen) atoms. The van der Waals surface area contributed by atoms with E-state index in [1.165, 1.54) is 6.92 Å². The second-order valence-corrected chi connectivity index (χ2v) is 10.8. The number of rotatable bonds is 15. The molecule has 232 valence electrons. The van der Waals surface area contributed by atoms with E-state index < -0.39 is 48.1 Å². The molecule has 0 aromatic heterocycles. The molecule has 4 rings (SSSR count). The maximum absolute atomic E-state index is 13.7. The molecule has 0 aliphatic carbocycles. The van der Waals surface area contributed by atoms with E-state index in [-0.39, 0.29) is 25.2 Å². The zero-order valence-corrected chi connectivity index (χ0v) is 24.5. The standard InChI is InChI=1S/C31H40N4O8/c1-20(36)28(34-27(37)18-35-12-14-42-15-13-35)31(40)33-25(17-22-8-10-23(41-2)11-9-22)30(39)32-24(29(38)26-19-43-26)16-21-6-4-3-5-7-21/h3-11,20,24-26,28,36H,12-19H2,1-2H3,(H,32,39)(H,33,40)(H,34,37)/t20-,24+,25+,26-,28+/m1/s1. The summed E-state index contributed by atoms with van der Waals surface area (Å²) in [6.45, 7) is 3.92.